The zero-order chi connectivity index (χ0) is 13.9. The van der Waals surface area contributed by atoms with Crippen LogP contribution < -0.4 is 11.1 Å². The Morgan fingerprint density at radius 1 is 1.05 bits per heavy atom. The van der Waals surface area contributed by atoms with Gasteiger partial charge in [-0.2, -0.15) is 0 Å². The lowest BCUT2D eigenvalue weighted by molar-refractivity contribution is 0.168. The average Bonchev–Trinajstić information content (AvgIpc) is 2.42. The predicted molar refractivity (Wildman–Crippen MR) is 77.9 cm³/mol. The number of benzene rings is 2. The van der Waals surface area contributed by atoms with Gasteiger partial charge in [-0.1, -0.05) is 36.4 Å². The summed E-state index contributed by atoms with van der Waals surface area (Å²) in [6, 6.07) is 18.7. The third-order valence-corrected chi connectivity index (χ3v) is 2.10. The van der Waals surface area contributed by atoms with E-state index < -0.39 is 6.09 Å². The SMILES string of the molecule is CCOC(=O)Nc1ccccc1.Nc1ccccc1. The molecule has 0 spiro atoms. The monoisotopic (exact) mass is 258 g/mol. The van der Waals surface area contributed by atoms with Crippen molar-refractivity contribution in [3.05, 3.63) is 60.7 Å². The van der Waals surface area contributed by atoms with Crippen LogP contribution in [0.5, 0.6) is 0 Å². The molecule has 4 heteroatoms. The van der Waals surface area contributed by atoms with Gasteiger partial charge in [-0.05, 0) is 31.2 Å². The van der Waals surface area contributed by atoms with Crippen molar-refractivity contribution in [2.24, 2.45) is 0 Å². The summed E-state index contributed by atoms with van der Waals surface area (Å²) in [5, 5.41) is 2.58. The van der Waals surface area contributed by atoms with Gasteiger partial charge in [0.25, 0.3) is 0 Å². The third kappa shape index (κ3) is 6.73. The highest BCUT2D eigenvalue weighted by Gasteiger charge is 1.98. The molecule has 3 N–H and O–H groups in total. The van der Waals surface area contributed by atoms with Gasteiger partial charge in [0.05, 0.1) is 6.61 Å². The van der Waals surface area contributed by atoms with Gasteiger partial charge in [-0.25, -0.2) is 4.79 Å². The maximum absolute atomic E-state index is 10.9. The highest BCUT2D eigenvalue weighted by molar-refractivity contribution is 5.84. The van der Waals surface area contributed by atoms with E-state index in [2.05, 4.69) is 5.32 Å². The predicted octanol–water partition coefficient (Wildman–Crippen LogP) is 3.52. The number of nitrogens with one attached hydrogen (secondary N) is 1. The standard InChI is InChI=1S/C9H11NO2.C6H7N/c1-2-12-9(11)10-8-6-4-3-5-7-8;7-6-4-2-1-3-5-6/h3-7H,2H2,1H3,(H,10,11);1-5H,7H2. The van der Waals surface area contributed by atoms with Gasteiger partial charge >= 0.3 is 6.09 Å². The normalized spacial score (nSPS) is 8.89. The van der Waals surface area contributed by atoms with E-state index in [-0.39, 0.29) is 0 Å². The Hall–Kier alpha value is -2.49. The summed E-state index contributed by atoms with van der Waals surface area (Å²) in [7, 11) is 0. The molecule has 0 saturated heterocycles. The van der Waals surface area contributed by atoms with Crippen molar-refractivity contribution in [1.29, 1.82) is 0 Å². The Bertz CT molecular complexity index is 472. The molecule has 0 heterocycles. The van der Waals surface area contributed by atoms with Crippen LogP contribution in [0.4, 0.5) is 16.2 Å². The van der Waals surface area contributed by atoms with Gasteiger partial charge < -0.3 is 10.5 Å². The maximum Gasteiger partial charge on any atom is 0.411 e. The molecule has 100 valence electrons. The maximum atomic E-state index is 10.9. The van der Waals surface area contributed by atoms with Crippen molar-refractivity contribution in [3.8, 4) is 0 Å². The number of amides is 1. The van der Waals surface area contributed by atoms with Crippen molar-refractivity contribution in [1.82, 2.24) is 0 Å². The molecule has 0 unspecified atom stereocenters. The summed E-state index contributed by atoms with van der Waals surface area (Å²) >= 11 is 0. The van der Waals surface area contributed by atoms with Crippen LogP contribution >= 0.6 is 0 Å². The van der Waals surface area contributed by atoms with Gasteiger partial charge in [0.2, 0.25) is 0 Å². The van der Waals surface area contributed by atoms with E-state index in [0.717, 1.165) is 11.4 Å². The quantitative estimate of drug-likeness (QED) is 0.810. The van der Waals surface area contributed by atoms with Crippen LogP contribution in [0.25, 0.3) is 0 Å². The second kappa shape index (κ2) is 8.58. The first-order chi connectivity index (χ1) is 9.22. The van der Waals surface area contributed by atoms with E-state index >= 15 is 0 Å². The van der Waals surface area contributed by atoms with Crippen molar-refractivity contribution in [2.45, 2.75) is 6.92 Å². The molecule has 0 aliphatic heterocycles. The number of carbonyl (C=O) groups is 1. The number of nitrogen functional groups attached to an aromatic ring is 1. The van der Waals surface area contributed by atoms with E-state index in [0.29, 0.717) is 6.61 Å². The minimum absolute atomic E-state index is 0.388. The van der Waals surface area contributed by atoms with E-state index in [9.17, 15) is 4.79 Å². The fourth-order valence-corrected chi connectivity index (χ4v) is 1.26. The van der Waals surface area contributed by atoms with Crippen LogP contribution in [-0.2, 0) is 4.74 Å². The molecule has 19 heavy (non-hydrogen) atoms. The largest absolute Gasteiger partial charge is 0.450 e. The Labute approximate surface area is 113 Å². The highest BCUT2D eigenvalue weighted by atomic mass is 16.5. The van der Waals surface area contributed by atoms with Crippen LogP contribution in [0.2, 0.25) is 0 Å². The lowest BCUT2D eigenvalue weighted by atomic mass is 10.3. The molecule has 0 radical (unpaired) electrons. The first-order valence-electron chi connectivity index (χ1n) is 6.01. The summed E-state index contributed by atoms with van der Waals surface area (Å²) in [4.78, 5) is 10.9. The number of hydrogen-bond acceptors (Lipinski definition) is 3. The minimum Gasteiger partial charge on any atom is -0.450 e. The van der Waals surface area contributed by atoms with Gasteiger partial charge in [-0.3, -0.25) is 5.32 Å². The Morgan fingerprint density at radius 3 is 2.00 bits per heavy atom. The van der Waals surface area contributed by atoms with E-state index in [1.807, 2.05) is 48.5 Å². The molecule has 0 fully saturated rings. The van der Waals surface area contributed by atoms with Crippen LogP contribution in [-0.4, -0.2) is 12.7 Å². The molecule has 0 bridgehead atoms. The van der Waals surface area contributed by atoms with E-state index in [1.165, 1.54) is 0 Å². The number of nitrogens with two attached hydrogens (primary N) is 1. The van der Waals surface area contributed by atoms with Gasteiger partial charge in [-0.15, -0.1) is 0 Å². The van der Waals surface area contributed by atoms with Crippen molar-refractivity contribution in [3.63, 3.8) is 0 Å². The van der Waals surface area contributed by atoms with Gasteiger partial charge in [0.1, 0.15) is 0 Å². The number of anilines is 2. The molecule has 1 amide bonds. The molecule has 0 aliphatic rings. The third-order valence-electron chi connectivity index (χ3n) is 2.10. The zero-order valence-electron chi connectivity index (χ0n) is 10.9. The Kier molecular flexibility index (Phi) is 6.58. The van der Waals surface area contributed by atoms with Crippen LogP contribution in [0, 0.1) is 0 Å². The number of ether oxygens (including phenoxy) is 1. The summed E-state index contributed by atoms with van der Waals surface area (Å²) in [6.45, 7) is 2.16. The topological polar surface area (TPSA) is 64.3 Å². The van der Waals surface area contributed by atoms with Crippen molar-refractivity contribution < 1.29 is 9.53 Å². The first kappa shape index (κ1) is 14.6. The van der Waals surface area contributed by atoms with Crippen molar-refractivity contribution >= 4 is 17.5 Å². The van der Waals surface area contributed by atoms with Crippen molar-refractivity contribution in [2.75, 3.05) is 17.7 Å². The molecular formula is C15H18N2O2. The summed E-state index contributed by atoms with van der Waals surface area (Å²) in [5.74, 6) is 0. The fraction of sp³-hybridized carbons (Fsp3) is 0.133. The molecule has 4 nitrogen and oxygen atoms in total. The number of rotatable bonds is 2. The molecule has 2 aromatic carbocycles. The Balaban J connectivity index is 0.000000218. The van der Waals surface area contributed by atoms with Gasteiger partial charge in [0.15, 0.2) is 0 Å². The van der Waals surface area contributed by atoms with Crippen LogP contribution in [0.15, 0.2) is 60.7 Å². The second-order valence-electron chi connectivity index (χ2n) is 3.62. The highest BCUT2D eigenvalue weighted by Crippen LogP contribution is 2.04. The molecule has 0 atom stereocenters. The lowest BCUT2D eigenvalue weighted by Gasteiger charge is -2.03. The molecular weight excluding hydrogens is 240 g/mol. The summed E-state index contributed by atoms with van der Waals surface area (Å²) in [6.07, 6.45) is -0.413. The van der Waals surface area contributed by atoms with E-state index in [4.69, 9.17) is 10.5 Å². The molecule has 2 aromatic rings. The summed E-state index contributed by atoms with van der Waals surface area (Å²) in [5.41, 5.74) is 6.93. The lowest BCUT2D eigenvalue weighted by Crippen LogP contribution is -2.12. The molecule has 0 aromatic heterocycles. The van der Waals surface area contributed by atoms with Crippen LogP contribution in [0.1, 0.15) is 6.92 Å². The fourth-order valence-electron chi connectivity index (χ4n) is 1.26. The van der Waals surface area contributed by atoms with Gasteiger partial charge in [0, 0.05) is 11.4 Å². The number of para-hydroxylation sites is 2. The molecule has 0 saturated carbocycles. The van der Waals surface area contributed by atoms with Crippen LogP contribution in [0.3, 0.4) is 0 Å². The summed E-state index contributed by atoms with van der Waals surface area (Å²) < 4.78 is 4.70. The average molecular weight is 258 g/mol. The zero-order valence-corrected chi connectivity index (χ0v) is 10.9. The minimum atomic E-state index is -0.413. The number of carbonyl (C=O) groups excluding carboxylic acids is 1. The molecule has 0 aliphatic carbocycles. The smallest absolute Gasteiger partial charge is 0.411 e. The molecule has 2 rings (SSSR count). The van der Waals surface area contributed by atoms with E-state index in [1.54, 1.807) is 19.1 Å². The second-order valence-corrected chi connectivity index (χ2v) is 3.62. The Morgan fingerprint density at radius 2 is 1.58 bits per heavy atom. The first-order valence-corrected chi connectivity index (χ1v) is 6.01. The number of hydrogen-bond donors (Lipinski definition) is 2.